The number of amides is 2. The fourth-order valence-corrected chi connectivity index (χ4v) is 3.41. The molecule has 1 aliphatic heterocycles. The zero-order valence-electron chi connectivity index (χ0n) is 15.8. The molecule has 30 heavy (non-hydrogen) atoms. The molecule has 0 atom stereocenters. The molecule has 0 spiro atoms. The molecule has 9 nitrogen and oxygen atoms in total. The summed E-state index contributed by atoms with van der Waals surface area (Å²) in [6, 6.07) is 0.517. The minimum atomic E-state index is -4.31. The van der Waals surface area contributed by atoms with Crippen molar-refractivity contribution in [2.75, 3.05) is 18.4 Å². The minimum Gasteiger partial charge on any atom is -0.478 e. The highest BCUT2D eigenvalue weighted by Gasteiger charge is 2.41. The highest BCUT2D eigenvalue weighted by atomic mass is 19.4. The zero-order valence-corrected chi connectivity index (χ0v) is 15.8. The molecule has 3 N–H and O–H groups in total. The molecular weight excluding hydrogens is 412 g/mol. The van der Waals surface area contributed by atoms with Crippen molar-refractivity contribution in [1.82, 2.24) is 25.5 Å². The maximum Gasteiger partial charge on any atom is 0.391 e. The van der Waals surface area contributed by atoms with E-state index in [0.29, 0.717) is 0 Å². The molecule has 1 fully saturated rings. The van der Waals surface area contributed by atoms with E-state index in [1.165, 1.54) is 11.0 Å². The maximum absolute atomic E-state index is 15.0. The number of carboxylic acid groups (broad SMARTS) is 1. The van der Waals surface area contributed by atoms with E-state index in [1.54, 1.807) is 6.92 Å². The van der Waals surface area contributed by atoms with Crippen LogP contribution < -0.4 is 5.32 Å². The van der Waals surface area contributed by atoms with Gasteiger partial charge >= 0.3 is 18.2 Å². The number of aromatic amines is 1. The minimum absolute atomic E-state index is 0.0113. The van der Waals surface area contributed by atoms with Gasteiger partial charge in [0.25, 0.3) is 0 Å². The number of hydrogen-bond acceptors (Lipinski definition) is 5. The second-order valence-corrected chi connectivity index (χ2v) is 6.77. The van der Waals surface area contributed by atoms with Crippen LogP contribution in [0.3, 0.4) is 0 Å². The first kappa shape index (κ1) is 21.5. The topological polar surface area (TPSA) is 124 Å². The lowest BCUT2D eigenvalue weighted by molar-refractivity contribution is -0.183. The Balaban J connectivity index is 1.89. The van der Waals surface area contributed by atoms with Crippen molar-refractivity contribution in [3.63, 3.8) is 0 Å². The lowest BCUT2D eigenvalue weighted by Crippen LogP contribution is -2.44. The third-order valence-electron chi connectivity index (χ3n) is 5.01. The first-order valence-electron chi connectivity index (χ1n) is 9.08. The number of nitrogens with zero attached hydrogens (tertiary/aromatic N) is 4. The Morgan fingerprint density at radius 3 is 2.50 bits per heavy atom. The van der Waals surface area contributed by atoms with Gasteiger partial charge in [-0.05, 0) is 30.5 Å². The van der Waals surface area contributed by atoms with Crippen LogP contribution in [-0.4, -0.2) is 61.9 Å². The fraction of sp³-hybridized carbons (Fsp3) is 0.471. The quantitative estimate of drug-likeness (QED) is 0.641. The van der Waals surface area contributed by atoms with Crippen molar-refractivity contribution in [3.05, 3.63) is 23.0 Å². The number of likely N-dealkylation sites (tertiary alicyclic amines) is 1. The average Bonchev–Trinajstić information content (AvgIpc) is 3.21. The largest absolute Gasteiger partial charge is 0.478 e. The molecule has 0 saturated carbocycles. The number of aromatic nitrogens is 4. The van der Waals surface area contributed by atoms with Crippen molar-refractivity contribution in [1.29, 1.82) is 0 Å². The monoisotopic (exact) mass is 430 g/mol. The van der Waals surface area contributed by atoms with Crippen LogP contribution in [0.4, 0.5) is 28.0 Å². The van der Waals surface area contributed by atoms with Crippen molar-refractivity contribution < 1.29 is 32.3 Å². The van der Waals surface area contributed by atoms with E-state index in [4.69, 9.17) is 0 Å². The van der Waals surface area contributed by atoms with Gasteiger partial charge in [0.2, 0.25) is 5.82 Å². The van der Waals surface area contributed by atoms with Crippen LogP contribution in [0.25, 0.3) is 11.4 Å². The summed E-state index contributed by atoms with van der Waals surface area (Å²) in [5.74, 6) is -4.26. The molecule has 1 aromatic carbocycles. The van der Waals surface area contributed by atoms with E-state index < -0.39 is 35.5 Å². The van der Waals surface area contributed by atoms with E-state index in [0.717, 1.165) is 0 Å². The molecule has 2 amide bonds. The number of H-pyrrole nitrogens is 1. The number of carboxylic acids is 1. The number of hydrogen-bond donors (Lipinski definition) is 3. The third-order valence-corrected chi connectivity index (χ3v) is 5.01. The van der Waals surface area contributed by atoms with E-state index in [1.807, 2.05) is 0 Å². The first-order chi connectivity index (χ1) is 14.1. The van der Waals surface area contributed by atoms with Gasteiger partial charge in [0.05, 0.1) is 5.92 Å². The number of carbonyl (C=O) groups excluding carboxylic acids is 1. The number of aromatic carboxylic acids is 1. The molecular formula is C17H18F4N6O3. The van der Waals surface area contributed by atoms with Crippen molar-refractivity contribution in [2.45, 2.75) is 32.4 Å². The van der Waals surface area contributed by atoms with Crippen LogP contribution >= 0.6 is 0 Å². The summed E-state index contributed by atoms with van der Waals surface area (Å²) in [7, 11) is 0. The van der Waals surface area contributed by atoms with E-state index in [2.05, 4.69) is 25.9 Å². The number of benzene rings is 1. The standard InChI is InChI=1S/C17H18F4N6O3/c1-2-9-11(22-16(30)27-5-3-8(4-6-27)17(19,20)21)7-10(14-23-25-26-24-14)12(13(9)18)15(28)29/h7-8H,2-6H2,1H3,(H,22,30)(H,28,29)(H,23,24,25,26). The second kappa shape index (κ2) is 8.24. The number of rotatable bonds is 4. The summed E-state index contributed by atoms with van der Waals surface area (Å²) in [5.41, 5.74) is -0.935. The Kier molecular flexibility index (Phi) is 5.89. The molecule has 2 heterocycles. The van der Waals surface area contributed by atoms with Crippen LogP contribution in [0.1, 0.15) is 35.7 Å². The van der Waals surface area contributed by atoms with Gasteiger partial charge in [-0.2, -0.15) is 18.4 Å². The molecule has 13 heteroatoms. The van der Waals surface area contributed by atoms with Gasteiger partial charge in [-0.1, -0.05) is 6.92 Å². The number of halogens is 4. The summed E-state index contributed by atoms with van der Waals surface area (Å²) < 4.78 is 53.4. The number of tetrazole rings is 1. The zero-order chi connectivity index (χ0) is 22.1. The average molecular weight is 430 g/mol. The van der Waals surface area contributed by atoms with Crippen LogP contribution in [-0.2, 0) is 6.42 Å². The maximum atomic E-state index is 15.0. The molecule has 0 radical (unpaired) electrons. The van der Waals surface area contributed by atoms with Gasteiger partial charge in [-0.25, -0.2) is 14.0 Å². The van der Waals surface area contributed by atoms with Gasteiger partial charge in [-0.3, -0.25) is 0 Å². The number of carbonyl (C=O) groups is 2. The Bertz CT molecular complexity index is 940. The SMILES string of the molecule is CCc1c(NC(=O)N2CCC(C(F)(F)F)CC2)cc(-c2nn[nH]n2)c(C(=O)O)c1F. The molecule has 1 aromatic heterocycles. The molecule has 162 valence electrons. The summed E-state index contributed by atoms with van der Waals surface area (Å²) in [4.78, 5) is 25.4. The Morgan fingerprint density at radius 1 is 1.33 bits per heavy atom. The lowest BCUT2D eigenvalue weighted by atomic mass is 9.96. The van der Waals surface area contributed by atoms with Gasteiger partial charge in [0.15, 0.2) is 0 Å². The molecule has 1 saturated heterocycles. The third kappa shape index (κ3) is 4.19. The molecule has 2 aromatic rings. The molecule has 0 aliphatic carbocycles. The highest BCUT2D eigenvalue weighted by Crippen LogP contribution is 2.35. The Labute approximate surface area is 167 Å². The van der Waals surface area contributed by atoms with Gasteiger partial charge in [-0.15, -0.1) is 10.2 Å². The predicted octanol–water partition coefficient (Wildman–Crippen LogP) is 3.07. The van der Waals surface area contributed by atoms with Crippen LogP contribution in [0.15, 0.2) is 6.07 Å². The van der Waals surface area contributed by atoms with E-state index in [-0.39, 0.29) is 55.0 Å². The summed E-state index contributed by atoms with van der Waals surface area (Å²) in [6.07, 6.45) is -4.70. The lowest BCUT2D eigenvalue weighted by Gasteiger charge is -2.33. The Morgan fingerprint density at radius 2 is 2.00 bits per heavy atom. The molecule has 1 aliphatic rings. The van der Waals surface area contributed by atoms with E-state index >= 15 is 0 Å². The number of alkyl halides is 3. The Hall–Kier alpha value is -3.25. The van der Waals surface area contributed by atoms with Gasteiger partial charge in [0, 0.05) is 29.9 Å². The van der Waals surface area contributed by atoms with Crippen LogP contribution in [0.2, 0.25) is 0 Å². The van der Waals surface area contributed by atoms with E-state index in [9.17, 15) is 32.3 Å². The first-order valence-corrected chi connectivity index (χ1v) is 9.08. The summed E-state index contributed by atoms with van der Waals surface area (Å²) in [5, 5.41) is 24.7. The molecule has 0 unspecified atom stereocenters. The summed E-state index contributed by atoms with van der Waals surface area (Å²) in [6.45, 7) is 1.36. The van der Waals surface area contributed by atoms with Crippen molar-refractivity contribution in [2.24, 2.45) is 5.92 Å². The van der Waals surface area contributed by atoms with Crippen LogP contribution in [0.5, 0.6) is 0 Å². The second-order valence-electron chi connectivity index (χ2n) is 6.77. The smallest absolute Gasteiger partial charge is 0.391 e. The van der Waals surface area contributed by atoms with Gasteiger partial charge < -0.3 is 15.3 Å². The number of anilines is 1. The van der Waals surface area contributed by atoms with Gasteiger partial charge in [0.1, 0.15) is 11.4 Å². The van der Waals surface area contributed by atoms with Crippen LogP contribution in [0, 0.1) is 11.7 Å². The molecule has 0 bridgehead atoms. The fourth-order valence-electron chi connectivity index (χ4n) is 3.41. The highest BCUT2D eigenvalue weighted by molar-refractivity contribution is 5.99. The van der Waals surface area contributed by atoms with Crippen molar-refractivity contribution >= 4 is 17.7 Å². The number of piperidine rings is 1. The molecule has 3 rings (SSSR count). The number of nitrogens with one attached hydrogen (secondary N) is 2. The number of urea groups is 1. The normalized spacial score (nSPS) is 15.3. The van der Waals surface area contributed by atoms with Crippen molar-refractivity contribution in [3.8, 4) is 11.4 Å². The predicted molar refractivity (Wildman–Crippen MR) is 95.3 cm³/mol. The summed E-state index contributed by atoms with van der Waals surface area (Å²) >= 11 is 0.